The molecule has 4 N–H and O–H groups in total. The number of phenolic OH excluding ortho intramolecular Hbond substituents is 2. The van der Waals surface area contributed by atoms with Crippen LogP contribution in [0.2, 0.25) is 0 Å². The van der Waals surface area contributed by atoms with E-state index < -0.39 is 0 Å². The fourth-order valence-corrected chi connectivity index (χ4v) is 2.37. The summed E-state index contributed by atoms with van der Waals surface area (Å²) in [5.74, 6) is -1.01. The number of nitrogens with one attached hydrogen (secondary N) is 2. The SMILES string of the molecule is CC1(CNC(=O)c2cccc(O)c2O)CCCNC1. The summed E-state index contributed by atoms with van der Waals surface area (Å²) in [6.45, 7) is 4.58. The molecular formula is C14H20N2O3. The first-order valence-electron chi connectivity index (χ1n) is 6.52. The maximum absolute atomic E-state index is 12.0. The van der Waals surface area contributed by atoms with Crippen LogP contribution >= 0.6 is 0 Å². The van der Waals surface area contributed by atoms with Gasteiger partial charge in [0, 0.05) is 13.1 Å². The van der Waals surface area contributed by atoms with E-state index in [1.807, 2.05) is 0 Å². The minimum atomic E-state index is -0.369. The van der Waals surface area contributed by atoms with Crippen LogP contribution in [0.1, 0.15) is 30.1 Å². The Morgan fingerprint density at radius 3 is 2.95 bits per heavy atom. The summed E-state index contributed by atoms with van der Waals surface area (Å²) in [6.07, 6.45) is 2.16. The molecular weight excluding hydrogens is 244 g/mol. The van der Waals surface area contributed by atoms with E-state index in [2.05, 4.69) is 17.6 Å². The van der Waals surface area contributed by atoms with Crippen LogP contribution in [0, 0.1) is 5.41 Å². The zero-order chi connectivity index (χ0) is 13.9. The topological polar surface area (TPSA) is 81.6 Å². The van der Waals surface area contributed by atoms with Crippen LogP contribution < -0.4 is 10.6 Å². The molecule has 0 aromatic heterocycles. The standard InChI is InChI=1S/C14H20N2O3/c1-14(6-3-7-15-8-14)9-16-13(19)10-4-2-5-11(17)12(10)18/h2,4-5,15,17-18H,3,6-9H2,1H3,(H,16,19). The highest BCUT2D eigenvalue weighted by Crippen LogP contribution is 2.29. The van der Waals surface area contributed by atoms with Gasteiger partial charge in [-0.1, -0.05) is 13.0 Å². The second-order valence-corrected chi connectivity index (χ2v) is 5.45. The van der Waals surface area contributed by atoms with Gasteiger partial charge in [-0.05, 0) is 36.9 Å². The number of benzene rings is 1. The second kappa shape index (κ2) is 5.48. The molecule has 1 heterocycles. The van der Waals surface area contributed by atoms with Gasteiger partial charge in [-0.25, -0.2) is 0 Å². The van der Waals surface area contributed by atoms with Gasteiger partial charge in [0.1, 0.15) is 0 Å². The van der Waals surface area contributed by atoms with Gasteiger partial charge < -0.3 is 20.8 Å². The van der Waals surface area contributed by atoms with E-state index in [1.165, 1.54) is 18.2 Å². The van der Waals surface area contributed by atoms with Crippen molar-refractivity contribution < 1.29 is 15.0 Å². The summed E-state index contributed by atoms with van der Waals surface area (Å²) < 4.78 is 0. The lowest BCUT2D eigenvalue weighted by molar-refractivity contribution is 0.0921. The number of amides is 1. The summed E-state index contributed by atoms with van der Waals surface area (Å²) in [5.41, 5.74) is 0.146. The molecule has 1 aromatic carbocycles. The average molecular weight is 264 g/mol. The summed E-state index contributed by atoms with van der Waals surface area (Å²) in [6, 6.07) is 4.37. The monoisotopic (exact) mass is 264 g/mol. The first kappa shape index (κ1) is 13.7. The van der Waals surface area contributed by atoms with Crippen molar-refractivity contribution in [2.45, 2.75) is 19.8 Å². The van der Waals surface area contributed by atoms with Crippen LogP contribution in [0.4, 0.5) is 0 Å². The third kappa shape index (κ3) is 3.17. The molecule has 19 heavy (non-hydrogen) atoms. The predicted octanol–water partition coefficient (Wildman–Crippen LogP) is 1.22. The molecule has 1 aliphatic heterocycles. The van der Waals surface area contributed by atoms with Crippen molar-refractivity contribution in [1.82, 2.24) is 10.6 Å². The lowest BCUT2D eigenvalue weighted by atomic mass is 9.83. The van der Waals surface area contributed by atoms with E-state index in [-0.39, 0.29) is 28.4 Å². The first-order chi connectivity index (χ1) is 9.02. The molecule has 5 nitrogen and oxygen atoms in total. The van der Waals surface area contributed by atoms with E-state index in [4.69, 9.17) is 0 Å². The lowest BCUT2D eigenvalue weighted by Crippen LogP contribution is -2.45. The van der Waals surface area contributed by atoms with Crippen molar-refractivity contribution in [3.8, 4) is 11.5 Å². The van der Waals surface area contributed by atoms with Gasteiger partial charge in [-0.15, -0.1) is 0 Å². The summed E-state index contributed by atoms with van der Waals surface area (Å²) in [7, 11) is 0. The number of para-hydroxylation sites is 1. The number of piperidine rings is 1. The molecule has 0 radical (unpaired) electrons. The van der Waals surface area contributed by atoms with Gasteiger partial charge >= 0.3 is 0 Å². The van der Waals surface area contributed by atoms with Crippen LogP contribution in [0.25, 0.3) is 0 Å². The maximum atomic E-state index is 12.0. The first-order valence-corrected chi connectivity index (χ1v) is 6.52. The quantitative estimate of drug-likeness (QED) is 0.619. The highest BCUT2D eigenvalue weighted by atomic mass is 16.3. The second-order valence-electron chi connectivity index (χ2n) is 5.45. The number of carbonyl (C=O) groups excluding carboxylic acids is 1. The molecule has 1 aliphatic rings. The van der Waals surface area contributed by atoms with Crippen LogP contribution in [0.5, 0.6) is 11.5 Å². The highest BCUT2D eigenvalue weighted by molar-refractivity contribution is 5.97. The number of hydrogen-bond donors (Lipinski definition) is 4. The Kier molecular flexibility index (Phi) is 3.95. The van der Waals surface area contributed by atoms with Crippen LogP contribution in [0.3, 0.4) is 0 Å². The Balaban J connectivity index is 1.99. The Hall–Kier alpha value is -1.75. The van der Waals surface area contributed by atoms with Crippen molar-refractivity contribution in [2.24, 2.45) is 5.41 Å². The smallest absolute Gasteiger partial charge is 0.255 e. The summed E-state index contributed by atoms with van der Waals surface area (Å²) >= 11 is 0. The highest BCUT2D eigenvalue weighted by Gasteiger charge is 2.27. The Morgan fingerprint density at radius 2 is 2.26 bits per heavy atom. The third-order valence-electron chi connectivity index (χ3n) is 3.62. The minimum absolute atomic E-state index is 0.0420. The molecule has 1 atom stereocenters. The predicted molar refractivity (Wildman–Crippen MR) is 72.3 cm³/mol. The zero-order valence-electron chi connectivity index (χ0n) is 11.1. The number of phenols is 2. The molecule has 1 amide bonds. The van der Waals surface area contributed by atoms with Crippen molar-refractivity contribution in [3.63, 3.8) is 0 Å². The van der Waals surface area contributed by atoms with Crippen molar-refractivity contribution in [1.29, 1.82) is 0 Å². The minimum Gasteiger partial charge on any atom is -0.504 e. The van der Waals surface area contributed by atoms with Gasteiger partial charge in [0.2, 0.25) is 0 Å². The Morgan fingerprint density at radius 1 is 1.47 bits per heavy atom. The Labute approximate surface area is 112 Å². The molecule has 1 aromatic rings. The molecule has 1 unspecified atom stereocenters. The van der Waals surface area contributed by atoms with E-state index in [0.29, 0.717) is 6.54 Å². The third-order valence-corrected chi connectivity index (χ3v) is 3.62. The normalized spacial score (nSPS) is 23.0. The van der Waals surface area contributed by atoms with Gasteiger partial charge in [0.15, 0.2) is 11.5 Å². The number of rotatable bonds is 3. The molecule has 5 heteroatoms. The lowest BCUT2D eigenvalue weighted by Gasteiger charge is -2.34. The van der Waals surface area contributed by atoms with E-state index in [0.717, 1.165) is 25.9 Å². The van der Waals surface area contributed by atoms with Crippen LogP contribution in [0.15, 0.2) is 18.2 Å². The zero-order valence-corrected chi connectivity index (χ0v) is 11.1. The fourth-order valence-electron chi connectivity index (χ4n) is 2.37. The van der Waals surface area contributed by atoms with Gasteiger partial charge in [-0.2, -0.15) is 0 Å². The van der Waals surface area contributed by atoms with Gasteiger partial charge in [0.25, 0.3) is 5.91 Å². The molecule has 104 valence electrons. The molecule has 1 saturated heterocycles. The fraction of sp³-hybridized carbons (Fsp3) is 0.500. The summed E-state index contributed by atoms with van der Waals surface area (Å²) in [5, 5.41) is 25.2. The number of hydrogen-bond acceptors (Lipinski definition) is 4. The number of aromatic hydroxyl groups is 2. The average Bonchev–Trinajstić information content (AvgIpc) is 2.40. The molecule has 0 spiro atoms. The van der Waals surface area contributed by atoms with E-state index in [9.17, 15) is 15.0 Å². The van der Waals surface area contributed by atoms with Crippen molar-refractivity contribution in [3.05, 3.63) is 23.8 Å². The van der Waals surface area contributed by atoms with Gasteiger partial charge in [-0.3, -0.25) is 4.79 Å². The Bertz CT molecular complexity index is 468. The maximum Gasteiger partial charge on any atom is 0.255 e. The summed E-state index contributed by atoms with van der Waals surface area (Å²) in [4.78, 5) is 12.0. The molecule has 0 saturated carbocycles. The van der Waals surface area contributed by atoms with Crippen molar-refractivity contribution >= 4 is 5.91 Å². The van der Waals surface area contributed by atoms with E-state index >= 15 is 0 Å². The molecule has 0 bridgehead atoms. The van der Waals surface area contributed by atoms with Crippen LogP contribution in [-0.4, -0.2) is 35.8 Å². The molecule has 2 rings (SSSR count). The van der Waals surface area contributed by atoms with E-state index in [1.54, 1.807) is 0 Å². The largest absolute Gasteiger partial charge is 0.504 e. The van der Waals surface area contributed by atoms with Crippen LogP contribution in [-0.2, 0) is 0 Å². The number of carbonyl (C=O) groups is 1. The van der Waals surface area contributed by atoms with Crippen molar-refractivity contribution in [2.75, 3.05) is 19.6 Å². The molecule has 1 fully saturated rings. The van der Waals surface area contributed by atoms with Gasteiger partial charge in [0.05, 0.1) is 5.56 Å². The molecule has 0 aliphatic carbocycles.